The Morgan fingerprint density at radius 1 is 0.867 bits per heavy atom. The molecule has 0 aliphatic heterocycles. The molecule has 0 bridgehead atoms. The molecule has 0 aromatic carbocycles. The molecular weight excluding hydrogens is 194 g/mol. The Morgan fingerprint density at radius 3 is 1.53 bits per heavy atom. The van der Waals surface area contributed by atoms with Crippen LogP contribution in [0.2, 0.25) is 0 Å². The molecule has 0 fully saturated rings. The van der Waals surface area contributed by atoms with Gasteiger partial charge in [-0.05, 0) is 19.8 Å². The second-order valence-electron chi connectivity index (χ2n) is 4.19. The second-order valence-corrected chi connectivity index (χ2v) is 4.19. The van der Waals surface area contributed by atoms with Gasteiger partial charge in [-0.2, -0.15) is 0 Å². The van der Waals surface area contributed by atoms with Gasteiger partial charge in [-0.1, -0.05) is 13.8 Å². The fourth-order valence-electron chi connectivity index (χ4n) is 1.45. The molecule has 92 valence electrons. The van der Waals surface area contributed by atoms with Gasteiger partial charge < -0.3 is 15.3 Å². The molecule has 15 heavy (non-hydrogen) atoms. The summed E-state index contributed by atoms with van der Waals surface area (Å²) in [5.41, 5.74) is 0. The molecule has 4 nitrogen and oxygen atoms in total. The normalized spacial score (nSPS) is 17.8. The van der Waals surface area contributed by atoms with Crippen molar-refractivity contribution in [1.29, 1.82) is 0 Å². The minimum absolute atomic E-state index is 0.382. The van der Waals surface area contributed by atoms with E-state index in [1.54, 1.807) is 6.92 Å². The van der Waals surface area contributed by atoms with Crippen molar-refractivity contribution in [3.63, 3.8) is 0 Å². The fourth-order valence-corrected chi connectivity index (χ4v) is 1.45. The zero-order valence-corrected chi connectivity index (χ0v) is 10.1. The highest BCUT2D eigenvalue weighted by Crippen LogP contribution is 2.02. The molecule has 0 aliphatic carbocycles. The van der Waals surface area contributed by atoms with Gasteiger partial charge in [-0.3, -0.25) is 4.90 Å². The topological polar surface area (TPSA) is 63.9 Å². The van der Waals surface area contributed by atoms with Crippen LogP contribution in [0.25, 0.3) is 0 Å². The van der Waals surface area contributed by atoms with E-state index in [0.717, 1.165) is 0 Å². The van der Waals surface area contributed by atoms with Crippen LogP contribution in [0.5, 0.6) is 0 Å². The van der Waals surface area contributed by atoms with Crippen molar-refractivity contribution in [2.75, 3.05) is 19.6 Å². The summed E-state index contributed by atoms with van der Waals surface area (Å²) < 4.78 is 0. The van der Waals surface area contributed by atoms with Gasteiger partial charge in [0.05, 0.1) is 18.3 Å². The van der Waals surface area contributed by atoms with E-state index in [2.05, 4.69) is 0 Å². The van der Waals surface area contributed by atoms with Crippen LogP contribution in [-0.4, -0.2) is 58.2 Å². The average molecular weight is 219 g/mol. The summed E-state index contributed by atoms with van der Waals surface area (Å²) in [6, 6.07) is 0. The largest absolute Gasteiger partial charge is 0.392 e. The molecule has 0 aromatic heterocycles. The molecule has 0 aromatic rings. The Morgan fingerprint density at radius 2 is 1.27 bits per heavy atom. The number of hydrogen-bond acceptors (Lipinski definition) is 4. The lowest BCUT2D eigenvalue weighted by Gasteiger charge is -2.27. The van der Waals surface area contributed by atoms with Gasteiger partial charge in [0.1, 0.15) is 0 Å². The third-order valence-corrected chi connectivity index (χ3v) is 2.40. The first-order chi connectivity index (χ1) is 6.99. The molecule has 0 rings (SSSR count). The maximum Gasteiger partial charge on any atom is 0.0664 e. The third-order valence-electron chi connectivity index (χ3n) is 2.40. The first kappa shape index (κ1) is 14.8. The van der Waals surface area contributed by atoms with Crippen molar-refractivity contribution in [3.05, 3.63) is 0 Å². The Balaban J connectivity index is 4.05. The van der Waals surface area contributed by atoms with Crippen molar-refractivity contribution in [1.82, 2.24) is 4.90 Å². The van der Waals surface area contributed by atoms with E-state index < -0.39 is 6.10 Å². The van der Waals surface area contributed by atoms with Gasteiger partial charge in [-0.15, -0.1) is 0 Å². The van der Waals surface area contributed by atoms with Crippen molar-refractivity contribution < 1.29 is 15.3 Å². The van der Waals surface area contributed by atoms with Gasteiger partial charge in [0, 0.05) is 19.6 Å². The Labute approximate surface area is 92.5 Å². The smallest absolute Gasteiger partial charge is 0.0664 e. The molecule has 3 unspecified atom stereocenters. The van der Waals surface area contributed by atoms with E-state index in [9.17, 15) is 15.3 Å². The van der Waals surface area contributed by atoms with Crippen molar-refractivity contribution in [2.45, 2.75) is 51.9 Å². The maximum absolute atomic E-state index is 9.52. The van der Waals surface area contributed by atoms with Gasteiger partial charge in [0.25, 0.3) is 0 Å². The van der Waals surface area contributed by atoms with Gasteiger partial charge in [0.15, 0.2) is 0 Å². The summed E-state index contributed by atoms with van der Waals surface area (Å²) in [5, 5.41) is 28.3. The van der Waals surface area contributed by atoms with Gasteiger partial charge in [-0.25, -0.2) is 0 Å². The highest BCUT2D eigenvalue weighted by atomic mass is 16.3. The Bertz CT molecular complexity index is 141. The van der Waals surface area contributed by atoms with Crippen molar-refractivity contribution >= 4 is 0 Å². The highest BCUT2D eigenvalue weighted by molar-refractivity contribution is 4.69. The summed E-state index contributed by atoms with van der Waals surface area (Å²) in [4.78, 5) is 1.91. The second kappa shape index (κ2) is 8.05. The predicted molar refractivity (Wildman–Crippen MR) is 60.7 cm³/mol. The quantitative estimate of drug-likeness (QED) is 0.546. The lowest BCUT2D eigenvalue weighted by atomic mass is 10.2. The van der Waals surface area contributed by atoms with Crippen LogP contribution in [-0.2, 0) is 0 Å². The van der Waals surface area contributed by atoms with Gasteiger partial charge >= 0.3 is 0 Å². The van der Waals surface area contributed by atoms with Crippen LogP contribution in [0.1, 0.15) is 33.6 Å². The maximum atomic E-state index is 9.52. The molecule has 3 N–H and O–H groups in total. The highest BCUT2D eigenvalue weighted by Gasteiger charge is 2.15. The van der Waals surface area contributed by atoms with E-state index in [4.69, 9.17) is 0 Å². The predicted octanol–water partition coefficient (Wildman–Crippen LogP) is 0.211. The SMILES string of the molecule is CCC(O)CN(CC(C)O)CC(O)CC. The zero-order chi connectivity index (χ0) is 11.8. The number of nitrogens with zero attached hydrogens (tertiary/aromatic N) is 1. The molecule has 0 radical (unpaired) electrons. The lowest BCUT2D eigenvalue weighted by molar-refractivity contribution is 0.0408. The first-order valence-corrected chi connectivity index (χ1v) is 5.76. The molecule has 0 spiro atoms. The van der Waals surface area contributed by atoms with Crippen LogP contribution in [0.3, 0.4) is 0 Å². The number of rotatable bonds is 8. The molecule has 0 saturated carbocycles. The monoisotopic (exact) mass is 219 g/mol. The minimum atomic E-state index is -0.432. The van der Waals surface area contributed by atoms with Gasteiger partial charge in [0.2, 0.25) is 0 Å². The van der Waals surface area contributed by atoms with Crippen molar-refractivity contribution in [3.8, 4) is 0 Å². The summed E-state index contributed by atoms with van der Waals surface area (Å²) in [6.45, 7) is 7.07. The summed E-state index contributed by atoms with van der Waals surface area (Å²) in [5.74, 6) is 0. The molecule has 0 aliphatic rings. The fraction of sp³-hybridized carbons (Fsp3) is 1.00. The molecule has 0 amide bonds. The lowest BCUT2D eigenvalue weighted by Crippen LogP contribution is -2.41. The number of hydrogen-bond donors (Lipinski definition) is 3. The van der Waals surface area contributed by atoms with Crippen LogP contribution >= 0.6 is 0 Å². The molecule has 0 heterocycles. The molecular formula is C11H25NO3. The minimum Gasteiger partial charge on any atom is -0.392 e. The van der Waals surface area contributed by atoms with E-state index in [0.29, 0.717) is 32.5 Å². The first-order valence-electron chi connectivity index (χ1n) is 5.76. The van der Waals surface area contributed by atoms with Crippen LogP contribution in [0.4, 0.5) is 0 Å². The summed E-state index contributed by atoms with van der Waals surface area (Å²) >= 11 is 0. The molecule has 4 heteroatoms. The van der Waals surface area contributed by atoms with Crippen LogP contribution in [0, 0.1) is 0 Å². The van der Waals surface area contributed by atoms with Crippen LogP contribution in [0.15, 0.2) is 0 Å². The standard InChI is InChI=1S/C11H25NO3/c1-4-10(14)7-12(6-9(3)13)8-11(15)5-2/h9-11,13-15H,4-8H2,1-3H3. The van der Waals surface area contributed by atoms with E-state index in [-0.39, 0.29) is 12.2 Å². The Kier molecular flexibility index (Phi) is 7.96. The number of aliphatic hydroxyl groups is 3. The van der Waals surface area contributed by atoms with Crippen LogP contribution < -0.4 is 0 Å². The Hall–Kier alpha value is -0.160. The molecule has 3 atom stereocenters. The zero-order valence-electron chi connectivity index (χ0n) is 10.1. The van der Waals surface area contributed by atoms with E-state index in [1.807, 2.05) is 18.7 Å². The van der Waals surface area contributed by atoms with E-state index in [1.165, 1.54) is 0 Å². The number of aliphatic hydroxyl groups excluding tert-OH is 3. The van der Waals surface area contributed by atoms with E-state index >= 15 is 0 Å². The van der Waals surface area contributed by atoms with Crippen molar-refractivity contribution in [2.24, 2.45) is 0 Å². The summed E-state index contributed by atoms with van der Waals surface area (Å²) in [7, 11) is 0. The molecule has 0 saturated heterocycles. The summed E-state index contributed by atoms with van der Waals surface area (Å²) in [6.07, 6.45) is 0.190. The average Bonchev–Trinajstić information content (AvgIpc) is 2.16. The third kappa shape index (κ3) is 7.73.